The van der Waals surface area contributed by atoms with Crippen molar-refractivity contribution in [2.45, 2.75) is 0 Å². The summed E-state index contributed by atoms with van der Waals surface area (Å²) in [6.07, 6.45) is 0.946. The number of halogens is 1. The number of benzene rings is 1. The highest BCUT2D eigenvalue weighted by molar-refractivity contribution is 5.89. The smallest absolute Gasteiger partial charge is 0.364 e. The molecule has 0 bridgehead atoms. The molecule has 3 nitrogen and oxygen atoms in total. The summed E-state index contributed by atoms with van der Waals surface area (Å²) in [5.74, 6) is -2.12. The third kappa shape index (κ3) is 2.58. The van der Waals surface area contributed by atoms with Crippen LogP contribution in [0.2, 0.25) is 0 Å². The summed E-state index contributed by atoms with van der Waals surface area (Å²) in [7, 11) is 1.52. The summed E-state index contributed by atoms with van der Waals surface area (Å²) >= 11 is 0. The standard InChI is InChI=1S/C10H9FO3/c1-14-8-4-2-7(3-5-8)6-9(11)10(12)13/h2-6H,1H3,(H,12,13)/b9-6-. The van der Waals surface area contributed by atoms with Crippen molar-refractivity contribution in [3.63, 3.8) is 0 Å². The van der Waals surface area contributed by atoms with Crippen LogP contribution in [0.25, 0.3) is 6.08 Å². The third-order valence-electron chi connectivity index (χ3n) is 1.61. The number of hydrogen-bond donors (Lipinski definition) is 1. The first-order chi connectivity index (χ1) is 6.63. The fourth-order valence-corrected chi connectivity index (χ4v) is 0.908. The van der Waals surface area contributed by atoms with Gasteiger partial charge in [0, 0.05) is 0 Å². The number of rotatable bonds is 3. The minimum absolute atomic E-state index is 0.478. The first kappa shape index (κ1) is 10.2. The van der Waals surface area contributed by atoms with Gasteiger partial charge in [-0.1, -0.05) is 12.1 Å². The number of aliphatic carboxylic acids is 1. The van der Waals surface area contributed by atoms with Gasteiger partial charge in [-0.3, -0.25) is 0 Å². The van der Waals surface area contributed by atoms with Crippen LogP contribution in [0.1, 0.15) is 5.56 Å². The Balaban J connectivity index is 2.88. The molecule has 0 radical (unpaired) electrons. The van der Waals surface area contributed by atoms with Crippen molar-refractivity contribution in [1.82, 2.24) is 0 Å². The largest absolute Gasteiger partial charge is 0.497 e. The van der Waals surface area contributed by atoms with Gasteiger partial charge in [-0.15, -0.1) is 0 Å². The summed E-state index contributed by atoms with van der Waals surface area (Å²) in [4.78, 5) is 10.2. The second-order valence-electron chi connectivity index (χ2n) is 2.57. The number of carboxylic acid groups (broad SMARTS) is 1. The highest BCUT2D eigenvalue weighted by Gasteiger charge is 2.04. The van der Waals surface area contributed by atoms with Gasteiger partial charge in [0.2, 0.25) is 5.83 Å². The number of ether oxygens (including phenoxy) is 1. The molecule has 0 aromatic heterocycles. The van der Waals surface area contributed by atoms with Crippen molar-refractivity contribution in [3.05, 3.63) is 35.7 Å². The first-order valence-electron chi connectivity index (χ1n) is 3.88. The Morgan fingerprint density at radius 3 is 2.43 bits per heavy atom. The van der Waals surface area contributed by atoms with E-state index in [2.05, 4.69) is 0 Å². The molecule has 0 aliphatic heterocycles. The van der Waals surface area contributed by atoms with Crippen molar-refractivity contribution in [1.29, 1.82) is 0 Å². The van der Waals surface area contributed by atoms with Gasteiger partial charge >= 0.3 is 5.97 Å². The van der Waals surface area contributed by atoms with Crippen molar-refractivity contribution in [3.8, 4) is 5.75 Å². The minimum Gasteiger partial charge on any atom is -0.497 e. The predicted molar refractivity (Wildman–Crippen MR) is 49.7 cm³/mol. The molecule has 0 aliphatic carbocycles. The van der Waals surface area contributed by atoms with Crippen LogP contribution in [-0.4, -0.2) is 18.2 Å². The number of hydrogen-bond acceptors (Lipinski definition) is 2. The lowest BCUT2D eigenvalue weighted by molar-refractivity contribution is -0.134. The van der Waals surface area contributed by atoms with Gasteiger partial charge in [0.15, 0.2) is 0 Å². The van der Waals surface area contributed by atoms with E-state index in [9.17, 15) is 9.18 Å². The van der Waals surface area contributed by atoms with Crippen LogP contribution in [0.3, 0.4) is 0 Å². The van der Waals surface area contributed by atoms with E-state index in [0.29, 0.717) is 11.3 Å². The summed E-state index contributed by atoms with van der Waals surface area (Å²) in [6.45, 7) is 0. The van der Waals surface area contributed by atoms with Gasteiger partial charge in [-0.2, -0.15) is 4.39 Å². The normalized spacial score (nSPS) is 11.1. The van der Waals surface area contributed by atoms with Crippen LogP contribution in [0.5, 0.6) is 5.75 Å². The molecule has 0 spiro atoms. The molecular formula is C10H9FO3. The van der Waals surface area contributed by atoms with Crippen LogP contribution < -0.4 is 4.74 Å². The Labute approximate surface area is 80.4 Å². The molecule has 0 atom stereocenters. The Kier molecular flexibility index (Phi) is 3.23. The van der Waals surface area contributed by atoms with Gasteiger partial charge in [-0.25, -0.2) is 4.79 Å². The zero-order valence-corrected chi connectivity index (χ0v) is 7.53. The van der Waals surface area contributed by atoms with Crippen LogP contribution in [-0.2, 0) is 4.79 Å². The summed E-state index contributed by atoms with van der Waals surface area (Å²) in [6, 6.07) is 6.39. The molecule has 0 saturated heterocycles. The maximum Gasteiger partial charge on any atom is 0.364 e. The molecule has 4 heteroatoms. The lowest BCUT2D eigenvalue weighted by Gasteiger charge is -1.98. The zero-order chi connectivity index (χ0) is 10.6. The Bertz CT molecular complexity index is 354. The van der Waals surface area contributed by atoms with Crippen molar-refractivity contribution in [2.75, 3.05) is 7.11 Å². The Morgan fingerprint density at radius 1 is 1.43 bits per heavy atom. The van der Waals surface area contributed by atoms with E-state index in [0.717, 1.165) is 6.08 Å². The lowest BCUT2D eigenvalue weighted by atomic mass is 10.2. The summed E-state index contributed by atoms with van der Waals surface area (Å²) in [5, 5.41) is 8.28. The number of carbonyl (C=O) groups is 1. The monoisotopic (exact) mass is 196 g/mol. The molecule has 0 aliphatic rings. The molecular weight excluding hydrogens is 187 g/mol. The summed E-state index contributed by atoms with van der Waals surface area (Å²) < 4.78 is 17.5. The van der Waals surface area contributed by atoms with E-state index in [1.165, 1.54) is 7.11 Å². The van der Waals surface area contributed by atoms with Gasteiger partial charge < -0.3 is 9.84 Å². The molecule has 74 valence electrons. The van der Waals surface area contributed by atoms with Crippen LogP contribution in [0.4, 0.5) is 4.39 Å². The molecule has 1 aromatic rings. The molecule has 0 amide bonds. The van der Waals surface area contributed by atoms with E-state index in [4.69, 9.17) is 9.84 Å². The molecule has 1 aromatic carbocycles. The maximum atomic E-state index is 12.6. The van der Waals surface area contributed by atoms with E-state index in [1.807, 2.05) is 0 Å². The van der Waals surface area contributed by atoms with Crippen molar-refractivity contribution < 1.29 is 19.0 Å². The fraction of sp³-hybridized carbons (Fsp3) is 0.100. The Morgan fingerprint density at radius 2 is 2.00 bits per heavy atom. The quantitative estimate of drug-likeness (QED) is 0.753. The molecule has 14 heavy (non-hydrogen) atoms. The van der Waals surface area contributed by atoms with E-state index in [-0.39, 0.29) is 0 Å². The van der Waals surface area contributed by atoms with Gasteiger partial charge in [0.1, 0.15) is 5.75 Å². The van der Waals surface area contributed by atoms with E-state index < -0.39 is 11.8 Å². The molecule has 0 fully saturated rings. The van der Waals surface area contributed by atoms with Crippen molar-refractivity contribution in [2.24, 2.45) is 0 Å². The average Bonchev–Trinajstić information content (AvgIpc) is 2.19. The highest BCUT2D eigenvalue weighted by atomic mass is 19.1. The molecule has 1 rings (SSSR count). The van der Waals surface area contributed by atoms with E-state index in [1.54, 1.807) is 24.3 Å². The van der Waals surface area contributed by atoms with Gasteiger partial charge in [-0.05, 0) is 23.8 Å². The highest BCUT2D eigenvalue weighted by Crippen LogP contribution is 2.14. The van der Waals surface area contributed by atoms with Crippen LogP contribution in [0, 0.1) is 0 Å². The van der Waals surface area contributed by atoms with E-state index >= 15 is 0 Å². The zero-order valence-electron chi connectivity index (χ0n) is 7.53. The molecule has 0 unspecified atom stereocenters. The van der Waals surface area contributed by atoms with Crippen molar-refractivity contribution >= 4 is 12.0 Å². The second kappa shape index (κ2) is 4.41. The fourth-order valence-electron chi connectivity index (χ4n) is 0.908. The van der Waals surface area contributed by atoms with Crippen LogP contribution >= 0.6 is 0 Å². The lowest BCUT2D eigenvalue weighted by Crippen LogP contribution is -1.93. The molecule has 0 saturated carbocycles. The minimum atomic E-state index is -1.57. The predicted octanol–water partition coefficient (Wildman–Crippen LogP) is 2.09. The molecule has 0 heterocycles. The maximum absolute atomic E-state index is 12.6. The third-order valence-corrected chi connectivity index (χ3v) is 1.61. The Hall–Kier alpha value is -1.84. The second-order valence-corrected chi connectivity index (χ2v) is 2.57. The topological polar surface area (TPSA) is 46.5 Å². The van der Waals surface area contributed by atoms with Gasteiger partial charge in [0.25, 0.3) is 0 Å². The summed E-state index contributed by atoms with van der Waals surface area (Å²) in [5.41, 5.74) is 0.478. The first-order valence-corrected chi connectivity index (χ1v) is 3.88. The average molecular weight is 196 g/mol. The SMILES string of the molecule is COc1ccc(/C=C(\F)C(=O)O)cc1. The number of carboxylic acids is 1. The van der Waals surface area contributed by atoms with Crippen LogP contribution in [0.15, 0.2) is 30.1 Å². The number of methoxy groups -OCH3 is 1. The van der Waals surface area contributed by atoms with Gasteiger partial charge in [0.05, 0.1) is 7.11 Å². The molecule has 1 N–H and O–H groups in total.